The zero-order chi connectivity index (χ0) is 13.7. The summed E-state index contributed by atoms with van der Waals surface area (Å²) in [5, 5.41) is 3.94. The molecule has 19 heavy (non-hydrogen) atoms. The van der Waals surface area contributed by atoms with Gasteiger partial charge >= 0.3 is 0 Å². The lowest BCUT2D eigenvalue weighted by Gasteiger charge is -2.12. The third kappa shape index (κ3) is 3.62. The van der Waals surface area contributed by atoms with Crippen LogP contribution in [-0.4, -0.2) is 29.7 Å². The maximum atomic E-state index is 11.9. The molecule has 1 atom stereocenters. The molecule has 1 unspecified atom stereocenters. The van der Waals surface area contributed by atoms with Crippen molar-refractivity contribution in [1.82, 2.24) is 15.3 Å². The fourth-order valence-electron chi connectivity index (χ4n) is 1.89. The van der Waals surface area contributed by atoms with E-state index in [1.54, 1.807) is 13.2 Å². The van der Waals surface area contributed by atoms with Gasteiger partial charge in [-0.1, -0.05) is 12.1 Å². The Bertz CT molecular complexity index is 595. The summed E-state index contributed by atoms with van der Waals surface area (Å²) in [6, 6.07) is 7.66. The average Bonchev–Trinajstić information content (AvgIpc) is 2.43. The Balaban J connectivity index is 2.07. The third-order valence-electron chi connectivity index (χ3n) is 3.03. The van der Waals surface area contributed by atoms with Gasteiger partial charge in [-0.15, -0.1) is 0 Å². The van der Waals surface area contributed by atoms with Crippen molar-refractivity contribution in [2.45, 2.75) is 25.9 Å². The first-order valence-electron chi connectivity index (χ1n) is 6.41. The fraction of sp³-hybridized carbons (Fsp3) is 0.429. The van der Waals surface area contributed by atoms with Crippen molar-refractivity contribution < 1.29 is 4.74 Å². The highest BCUT2D eigenvalue weighted by molar-refractivity contribution is 5.77. The molecular formula is C14H19N3O2. The van der Waals surface area contributed by atoms with Gasteiger partial charge < -0.3 is 15.0 Å². The van der Waals surface area contributed by atoms with E-state index in [1.807, 2.05) is 18.2 Å². The molecule has 0 aliphatic carbocycles. The van der Waals surface area contributed by atoms with Crippen LogP contribution in [0, 0.1) is 0 Å². The quantitative estimate of drug-likeness (QED) is 0.825. The van der Waals surface area contributed by atoms with Crippen molar-refractivity contribution in [1.29, 1.82) is 0 Å². The van der Waals surface area contributed by atoms with E-state index in [0.717, 1.165) is 18.5 Å². The van der Waals surface area contributed by atoms with Gasteiger partial charge in [0.2, 0.25) is 0 Å². The molecule has 0 fully saturated rings. The summed E-state index contributed by atoms with van der Waals surface area (Å²) in [6.45, 7) is 3.35. The lowest BCUT2D eigenvalue weighted by molar-refractivity contribution is 0.184. The Morgan fingerprint density at radius 2 is 2.21 bits per heavy atom. The SMILES string of the molecule is COCCC(C)NCc1nc2ccccc2c(=O)[nH]1. The summed E-state index contributed by atoms with van der Waals surface area (Å²) in [5.74, 6) is 0.660. The van der Waals surface area contributed by atoms with E-state index < -0.39 is 0 Å². The fourth-order valence-corrected chi connectivity index (χ4v) is 1.89. The van der Waals surface area contributed by atoms with E-state index >= 15 is 0 Å². The number of nitrogens with zero attached hydrogens (tertiary/aromatic N) is 1. The van der Waals surface area contributed by atoms with E-state index in [-0.39, 0.29) is 5.56 Å². The predicted molar refractivity (Wildman–Crippen MR) is 75.2 cm³/mol. The van der Waals surface area contributed by atoms with Crippen molar-refractivity contribution >= 4 is 10.9 Å². The van der Waals surface area contributed by atoms with Crippen LogP contribution in [0.5, 0.6) is 0 Å². The van der Waals surface area contributed by atoms with Crippen LogP contribution < -0.4 is 10.9 Å². The number of hydrogen-bond donors (Lipinski definition) is 2. The van der Waals surface area contributed by atoms with E-state index in [4.69, 9.17) is 4.74 Å². The Morgan fingerprint density at radius 1 is 1.42 bits per heavy atom. The second-order valence-electron chi connectivity index (χ2n) is 4.59. The van der Waals surface area contributed by atoms with Crippen molar-refractivity contribution in [3.8, 4) is 0 Å². The Morgan fingerprint density at radius 3 is 3.00 bits per heavy atom. The Labute approximate surface area is 112 Å². The summed E-state index contributed by atoms with van der Waals surface area (Å²) < 4.78 is 5.03. The number of para-hydroxylation sites is 1. The highest BCUT2D eigenvalue weighted by atomic mass is 16.5. The molecule has 0 aliphatic rings. The third-order valence-corrected chi connectivity index (χ3v) is 3.03. The molecule has 5 nitrogen and oxygen atoms in total. The van der Waals surface area contributed by atoms with Crippen molar-refractivity contribution in [2.75, 3.05) is 13.7 Å². The molecule has 5 heteroatoms. The number of ether oxygens (including phenoxy) is 1. The molecule has 2 aromatic rings. The summed E-state index contributed by atoms with van der Waals surface area (Å²) in [7, 11) is 1.69. The second kappa shape index (κ2) is 6.45. The Kier molecular flexibility index (Phi) is 4.65. The lowest BCUT2D eigenvalue weighted by Crippen LogP contribution is -2.28. The molecule has 2 N–H and O–H groups in total. The molecule has 2 rings (SSSR count). The summed E-state index contributed by atoms with van der Waals surface area (Å²) >= 11 is 0. The van der Waals surface area contributed by atoms with Crippen LogP contribution in [0.15, 0.2) is 29.1 Å². The van der Waals surface area contributed by atoms with E-state index in [9.17, 15) is 4.79 Å². The van der Waals surface area contributed by atoms with Gasteiger partial charge in [-0.05, 0) is 25.5 Å². The first-order chi connectivity index (χ1) is 9.20. The van der Waals surface area contributed by atoms with Crippen LogP contribution in [0.3, 0.4) is 0 Å². The molecule has 102 valence electrons. The number of fused-ring (bicyclic) bond motifs is 1. The number of benzene rings is 1. The van der Waals surface area contributed by atoms with Crippen LogP contribution in [0.1, 0.15) is 19.2 Å². The normalized spacial score (nSPS) is 12.7. The minimum absolute atomic E-state index is 0.0908. The number of nitrogens with one attached hydrogen (secondary N) is 2. The van der Waals surface area contributed by atoms with Crippen LogP contribution in [0.2, 0.25) is 0 Å². The van der Waals surface area contributed by atoms with Crippen LogP contribution in [0.25, 0.3) is 10.9 Å². The number of aromatic amines is 1. The number of H-pyrrole nitrogens is 1. The number of aromatic nitrogens is 2. The molecule has 0 aliphatic heterocycles. The monoisotopic (exact) mass is 261 g/mol. The van der Waals surface area contributed by atoms with Crippen molar-refractivity contribution in [2.24, 2.45) is 0 Å². The van der Waals surface area contributed by atoms with Gasteiger partial charge in [0.25, 0.3) is 5.56 Å². The highest BCUT2D eigenvalue weighted by Crippen LogP contribution is 2.05. The summed E-state index contributed by atoms with van der Waals surface area (Å²) in [5.41, 5.74) is 0.638. The minimum Gasteiger partial charge on any atom is -0.385 e. The standard InChI is InChI=1S/C14H19N3O2/c1-10(7-8-19-2)15-9-13-16-12-6-4-3-5-11(12)14(18)17-13/h3-6,10,15H,7-9H2,1-2H3,(H,16,17,18). The number of rotatable bonds is 6. The molecule has 0 bridgehead atoms. The van der Waals surface area contributed by atoms with Crippen LogP contribution >= 0.6 is 0 Å². The first kappa shape index (κ1) is 13.7. The van der Waals surface area contributed by atoms with E-state index in [1.165, 1.54) is 0 Å². The maximum Gasteiger partial charge on any atom is 0.258 e. The van der Waals surface area contributed by atoms with Crippen molar-refractivity contribution in [3.63, 3.8) is 0 Å². The van der Waals surface area contributed by atoms with Crippen molar-refractivity contribution in [3.05, 3.63) is 40.4 Å². The number of hydrogen-bond acceptors (Lipinski definition) is 4. The topological polar surface area (TPSA) is 67.0 Å². The van der Waals surface area contributed by atoms with Gasteiger partial charge in [-0.2, -0.15) is 0 Å². The molecule has 1 heterocycles. The molecular weight excluding hydrogens is 242 g/mol. The van der Waals surface area contributed by atoms with Gasteiger partial charge in [-0.3, -0.25) is 4.79 Å². The molecule has 0 amide bonds. The molecule has 0 radical (unpaired) electrons. The van der Waals surface area contributed by atoms with Crippen LogP contribution in [-0.2, 0) is 11.3 Å². The zero-order valence-corrected chi connectivity index (χ0v) is 11.3. The highest BCUT2D eigenvalue weighted by Gasteiger charge is 2.05. The van der Waals surface area contributed by atoms with Gasteiger partial charge in [0.15, 0.2) is 0 Å². The lowest BCUT2D eigenvalue weighted by atomic mass is 10.2. The van der Waals surface area contributed by atoms with Gasteiger partial charge in [0.05, 0.1) is 17.4 Å². The molecule has 0 saturated carbocycles. The van der Waals surface area contributed by atoms with E-state index in [0.29, 0.717) is 23.8 Å². The van der Waals surface area contributed by atoms with Gasteiger partial charge in [-0.25, -0.2) is 4.98 Å². The largest absolute Gasteiger partial charge is 0.385 e. The zero-order valence-electron chi connectivity index (χ0n) is 11.3. The first-order valence-corrected chi connectivity index (χ1v) is 6.41. The summed E-state index contributed by atoms with van der Waals surface area (Å²) in [6.07, 6.45) is 0.925. The molecule has 0 spiro atoms. The molecule has 1 aromatic heterocycles. The summed E-state index contributed by atoms with van der Waals surface area (Å²) in [4.78, 5) is 19.1. The van der Waals surface area contributed by atoms with Gasteiger partial charge in [0, 0.05) is 19.8 Å². The smallest absolute Gasteiger partial charge is 0.258 e. The van der Waals surface area contributed by atoms with Gasteiger partial charge in [0.1, 0.15) is 5.82 Å². The minimum atomic E-state index is -0.0908. The average molecular weight is 261 g/mol. The molecule has 0 saturated heterocycles. The second-order valence-corrected chi connectivity index (χ2v) is 4.59. The van der Waals surface area contributed by atoms with E-state index in [2.05, 4.69) is 22.2 Å². The molecule has 1 aromatic carbocycles. The predicted octanol–water partition coefficient (Wildman–Crippen LogP) is 1.44. The Hall–Kier alpha value is -1.72. The van der Waals surface area contributed by atoms with Crippen LogP contribution in [0.4, 0.5) is 0 Å². The number of methoxy groups -OCH3 is 1. The maximum absolute atomic E-state index is 11.9.